The third-order valence-electron chi connectivity index (χ3n) is 4.43. The molecule has 3 rings (SSSR count). The molecular formula is C22H22N4O4. The first-order chi connectivity index (χ1) is 14.4. The smallest absolute Gasteiger partial charge is 0.337 e. The molecule has 0 atom stereocenters. The minimum Gasteiger partial charge on any atom is -0.465 e. The number of anilines is 2. The second-order valence-electron chi connectivity index (χ2n) is 6.59. The molecule has 0 fully saturated rings. The van der Waals surface area contributed by atoms with Crippen molar-refractivity contribution in [2.45, 2.75) is 13.8 Å². The summed E-state index contributed by atoms with van der Waals surface area (Å²) < 4.78 is 4.70. The van der Waals surface area contributed by atoms with Gasteiger partial charge in [0, 0.05) is 29.4 Å². The number of aryl methyl sites for hydroxylation is 1. The van der Waals surface area contributed by atoms with Gasteiger partial charge in [0.15, 0.2) is 0 Å². The number of carbonyl (C=O) groups is 3. The van der Waals surface area contributed by atoms with E-state index in [4.69, 9.17) is 4.74 Å². The van der Waals surface area contributed by atoms with Crippen molar-refractivity contribution in [3.63, 3.8) is 0 Å². The van der Waals surface area contributed by atoms with Gasteiger partial charge in [-0.05, 0) is 61.2 Å². The second kappa shape index (κ2) is 9.04. The number of amides is 3. The van der Waals surface area contributed by atoms with Gasteiger partial charge in [0.1, 0.15) is 5.82 Å². The van der Waals surface area contributed by atoms with E-state index in [1.807, 2.05) is 19.9 Å². The monoisotopic (exact) mass is 406 g/mol. The SMILES string of the molecule is CCNC(=O)Nc1cc2cc(NC(=O)c3cccc(C(=O)OC)c3)cc(C)c2cn1. The largest absolute Gasteiger partial charge is 0.465 e. The average molecular weight is 406 g/mol. The normalized spacial score (nSPS) is 10.4. The first-order valence-electron chi connectivity index (χ1n) is 9.36. The number of hydrogen-bond acceptors (Lipinski definition) is 5. The van der Waals surface area contributed by atoms with Crippen LogP contribution in [-0.4, -0.2) is 36.5 Å². The molecule has 154 valence electrons. The van der Waals surface area contributed by atoms with Gasteiger partial charge in [-0.25, -0.2) is 14.6 Å². The number of fused-ring (bicyclic) bond motifs is 1. The van der Waals surface area contributed by atoms with Gasteiger partial charge in [-0.1, -0.05) is 6.07 Å². The minimum atomic E-state index is -0.508. The Morgan fingerprint density at radius 3 is 2.53 bits per heavy atom. The molecule has 0 unspecified atom stereocenters. The number of urea groups is 1. The summed E-state index contributed by atoms with van der Waals surface area (Å²) in [5.74, 6) is -0.456. The molecule has 0 saturated carbocycles. The Kier molecular flexibility index (Phi) is 6.26. The predicted octanol–water partition coefficient (Wildman–Crippen LogP) is 3.72. The maximum atomic E-state index is 12.7. The molecule has 0 aliphatic rings. The molecule has 3 N–H and O–H groups in total. The van der Waals surface area contributed by atoms with Crippen molar-refractivity contribution < 1.29 is 19.1 Å². The van der Waals surface area contributed by atoms with E-state index < -0.39 is 5.97 Å². The number of hydrogen-bond donors (Lipinski definition) is 3. The standard InChI is InChI=1S/C22H22N4O4/c1-4-23-22(29)26-19-11-16-10-17(8-13(2)18(16)12-24-19)25-20(27)14-6-5-7-15(9-14)21(28)30-3/h5-12H,4H2,1-3H3,(H,25,27)(H2,23,24,26,29). The lowest BCUT2D eigenvalue weighted by molar-refractivity contribution is 0.0600. The van der Waals surface area contributed by atoms with Gasteiger partial charge >= 0.3 is 12.0 Å². The summed E-state index contributed by atoms with van der Waals surface area (Å²) >= 11 is 0. The van der Waals surface area contributed by atoms with Crippen LogP contribution in [0.15, 0.2) is 48.7 Å². The van der Waals surface area contributed by atoms with E-state index in [2.05, 4.69) is 20.9 Å². The van der Waals surface area contributed by atoms with E-state index in [9.17, 15) is 14.4 Å². The highest BCUT2D eigenvalue weighted by molar-refractivity contribution is 6.07. The maximum absolute atomic E-state index is 12.7. The topological polar surface area (TPSA) is 109 Å². The van der Waals surface area contributed by atoms with Crippen molar-refractivity contribution in [1.82, 2.24) is 10.3 Å². The van der Waals surface area contributed by atoms with Gasteiger partial charge in [0.05, 0.1) is 12.7 Å². The van der Waals surface area contributed by atoms with Crippen LogP contribution in [0.5, 0.6) is 0 Å². The molecule has 0 radical (unpaired) electrons. The number of ether oxygens (including phenoxy) is 1. The molecule has 3 aromatic rings. The Morgan fingerprint density at radius 1 is 1.03 bits per heavy atom. The van der Waals surface area contributed by atoms with Crippen LogP contribution in [0.25, 0.3) is 10.8 Å². The zero-order valence-electron chi connectivity index (χ0n) is 16.9. The van der Waals surface area contributed by atoms with Crippen LogP contribution < -0.4 is 16.0 Å². The molecule has 30 heavy (non-hydrogen) atoms. The number of esters is 1. The van der Waals surface area contributed by atoms with Crippen LogP contribution in [0.3, 0.4) is 0 Å². The molecule has 8 nitrogen and oxygen atoms in total. The Labute approximate surface area is 173 Å². The number of carbonyl (C=O) groups excluding carboxylic acids is 3. The van der Waals surface area contributed by atoms with Gasteiger partial charge < -0.3 is 15.4 Å². The van der Waals surface area contributed by atoms with Crippen molar-refractivity contribution in [3.8, 4) is 0 Å². The van der Waals surface area contributed by atoms with Crippen LogP contribution in [0.2, 0.25) is 0 Å². The summed E-state index contributed by atoms with van der Waals surface area (Å²) in [6.07, 6.45) is 1.68. The fourth-order valence-corrected chi connectivity index (χ4v) is 3.01. The van der Waals surface area contributed by atoms with Crippen LogP contribution in [0.1, 0.15) is 33.2 Å². The fourth-order valence-electron chi connectivity index (χ4n) is 3.01. The van der Waals surface area contributed by atoms with Crippen LogP contribution in [-0.2, 0) is 4.74 Å². The van der Waals surface area contributed by atoms with Crippen molar-refractivity contribution >= 4 is 40.2 Å². The number of methoxy groups -OCH3 is 1. The summed E-state index contributed by atoms with van der Waals surface area (Å²) in [7, 11) is 1.29. The van der Waals surface area contributed by atoms with Crippen molar-refractivity contribution in [1.29, 1.82) is 0 Å². The molecular weight excluding hydrogens is 384 g/mol. The van der Waals surface area contributed by atoms with E-state index in [0.717, 1.165) is 16.3 Å². The average Bonchev–Trinajstić information content (AvgIpc) is 2.73. The van der Waals surface area contributed by atoms with E-state index >= 15 is 0 Å². The van der Waals surface area contributed by atoms with Gasteiger partial charge in [-0.15, -0.1) is 0 Å². The number of pyridine rings is 1. The quantitative estimate of drug-likeness (QED) is 0.560. The highest BCUT2D eigenvalue weighted by atomic mass is 16.5. The Morgan fingerprint density at radius 2 is 1.80 bits per heavy atom. The lowest BCUT2D eigenvalue weighted by Crippen LogP contribution is -2.28. The van der Waals surface area contributed by atoms with E-state index in [0.29, 0.717) is 29.2 Å². The molecule has 0 bridgehead atoms. The van der Waals surface area contributed by atoms with Crippen molar-refractivity contribution in [2.24, 2.45) is 0 Å². The summed E-state index contributed by atoms with van der Waals surface area (Å²) in [6.45, 7) is 4.24. The molecule has 3 amide bonds. The molecule has 8 heteroatoms. The minimum absolute atomic E-state index is 0.298. The summed E-state index contributed by atoms with van der Waals surface area (Å²) in [4.78, 5) is 40.4. The van der Waals surface area contributed by atoms with E-state index in [1.165, 1.54) is 13.2 Å². The van der Waals surface area contributed by atoms with Crippen LogP contribution in [0, 0.1) is 6.92 Å². The second-order valence-corrected chi connectivity index (χ2v) is 6.59. The lowest BCUT2D eigenvalue weighted by Gasteiger charge is -2.11. The highest BCUT2D eigenvalue weighted by Gasteiger charge is 2.12. The zero-order valence-corrected chi connectivity index (χ0v) is 16.9. The van der Waals surface area contributed by atoms with Gasteiger partial charge in [-0.2, -0.15) is 0 Å². The molecule has 2 aromatic carbocycles. The van der Waals surface area contributed by atoms with Gasteiger partial charge in [0.2, 0.25) is 0 Å². The fraction of sp³-hybridized carbons (Fsp3) is 0.182. The summed E-state index contributed by atoms with van der Waals surface area (Å²) in [5.41, 5.74) is 2.14. The molecule has 0 spiro atoms. The lowest BCUT2D eigenvalue weighted by atomic mass is 10.1. The first-order valence-corrected chi connectivity index (χ1v) is 9.36. The number of nitrogens with zero attached hydrogens (tertiary/aromatic N) is 1. The Hall–Kier alpha value is -3.94. The summed E-state index contributed by atoms with van der Waals surface area (Å²) in [6, 6.07) is 11.3. The first kappa shape index (κ1) is 20.8. The molecule has 0 aliphatic heterocycles. The van der Waals surface area contributed by atoms with Crippen molar-refractivity contribution in [2.75, 3.05) is 24.3 Å². The van der Waals surface area contributed by atoms with Crippen LogP contribution >= 0.6 is 0 Å². The number of benzene rings is 2. The maximum Gasteiger partial charge on any atom is 0.337 e. The third-order valence-corrected chi connectivity index (χ3v) is 4.43. The van der Waals surface area contributed by atoms with Crippen LogP contribution in [0.4, 0.5) is 16.3 Å². The highest BCUT2D eigenvalue weighted by Crippen LogP contribution is 2.25. The van der Waals surface area contributed by atoms with E-state index in [1.54, 1.807) is 36.5 Å². The number of rotatable bonds is 5. The molecule has 0 saturated heterocycles. The molecule has 1 heterocycles. The molecule has 1 aromatic heterocycles. The van der Waals surface area contributed by atoms with Gasteiger partial charge in [0.25, 0.3) is 5.91 Å². The summed E-state index contributed by atoms with van der Waals surface area (Å²) in [5, 5.41) is 9.88. The third kappa shape index (κ3) is 4.72. The number of nitrogens with one attached hydrogen (secondary N) is 3. The predicted molar refractivity (Wildman–Crippen MR) is 115 cm³/mol. The Bertz CT molecular complexity index is 1130. The number of aromatic nitrogens is 1. The molecule has 0 aliphatic carbocycles. The Balaban J connectivity index is 1.86. The van der Waals surface area contributed by atoms with Crippen molar-refractivity contribution in [3.05, 3.63) is 65.4 Å². The van der Waals surface area contributed by atoms with E-state index in [-0.39, 0.29) is 11.9 Å². The van der Waals surface area contributed by atoms with Gasteiger partial charge in [-0.3, -0.25) is 10.1 Å². The zero-order chi connectivity index (χ0) is 21.7.